The molecule has 7 heteroatoms. The van der Waals surface area contributed by atoms with Gasteiger partial charge >= 0.3 is 0 Å². The molecule has 1 saturated heterocycles. The topological polar surface area (TPSA) is 51.1 Å². The van der Waals surface area contributed by atoms with E-state index in [1.54, 1.807) is 6.07 Å². The molecule has 1 heterocycles. The smallest absolute Gasteiger partial charge is 0.194 e. The summed E-state index contributed by atoms with van der Waals surface area (Å²) in [4.78, 5) is 8.99. The number of para-hydroxylation sites is 1. The number of piperazine rings is 1. The summed E-state index contributed by atoms with van der Waals surface area (Å²) in [6.07, 6.45) is 3.86. The molecule has 0 unspecified atom stereocenters. The summed E-state index contributed by atoms with van der Waals surface area (Å²) < 4.78 is 14.0. The number of hydrogen-bond donors (Lipinski definition) is 2. The fourth-order valence-electron chi connectivity index (χ4n) is 3.71. The van der Waals surface area contributed by atoms with Crippen LogP contribution in [0.3, 0.4) is 0 Å². The quantitative estimate of drug-likeness (QED) is 0.399. The molecule has 2 fully saturated rings. The number of nitrogens with one attached hydrogen (secondary N) is 1. The zero-order chi connectivity index (χ0) is 17.7. The third-order valence-electron chi connectivity index (χ3n) is 5.16. The van der Waals surface area contributed by atoms with E-state index >= 15 is 0 Å². The highest BCUT2D eigenvalue weighted by Gasteiger charge is 2.31. The molecule has 1 aromatic rings. The molecule has 0 atom stereocenters. The van der Waals surface area contributed by atoms with Crippen LogP contribution in [0.1, 0.15) is 32.6 Å². The average Bonchev–Trinajstić information content (AvgIpc) is 3.06. The maximum absolute atomic E-state index is 14.0. The Labute approximate surface area is 172 Å². The Morgan fingerprint density at radius 2 is 1.85 bits per heavy atom. The van der Waals surface area contributed by atoms with E-state index in [4.69, 9.17) is 4.99 Å². The molecule has 0 bridgehead atoms. The lowest BCUT2D eigenvalue weighted by atomic mass is 10.0. The number of guanidine groups is 1. The van der Waals surface area contributed by atoms with E-state index in [0.29, 0.717) is 12.2 Å². The summed E-state index contributed by atoms with van der Waals surface area (Å²) in [7, 11) is 0. The summed E-state index contributed by atoms with van der Waals surface area (Å²) in [5, 5.41) is 13.9. The zero-order valence-electron chi connectivity index (χ0n) is 15.5. The molecular formula is C19H30FIN4O. The maximum Gasteiger partial charge on any atom is 0.194 e. The predicted octanol–water partition coefficient (Wildman–Crippen LogP) is 2.84. The number of anilines is 1. The van der Waals surface area contributed by atoms with Crippen LogP contribution >= 0.6 is 24.0 Å². The van der Waals surface area contributed by atoms with Crippen LogP contribution in [0.15, 0.2) is 29.3 Å². The average molecular weight is 476 g/mol. The number of hydrogen-bond acceptors (Lipinski definition) is 3. The molecule has 1 aliphatic carbocycles. The molecule has 0 aromatic heterocycles. The Kier molecular flexibility index (Phi) is 7.94. The van der Waals surface area contributed by atoms with Crippen LogP contribution in [0.5, 0.6) is 0 Å². The van der Waals surface area contributed by atoms with Gasteiger partial charge in [0.1, 0.15) is 5.82 Å². The number of benzene rings is 1. The van der Waals surface area contributed by atoms with Gasteiger partial charge in [-0.2, -0.15) is 0 Å². The Balaban J connectivity index is 0.00000243. The molecule has 0 amide bonds. The summed E-state index contributed by atoms with van der Waals surface area (Å²) in [6, 6.07) is 6.94. The lowest BCUT2D eigenvalue weighted by Gasteiger charge is -2.38. The minimum absolute atomic E-state index is 0. The fourth-order valence-corrected chi connectivity index (χ4v) is 3.71. The van der Waals surface area contributed by atoms with Crippen LogP contribution in [0.2, 0.25) is 0 Å². The zero-order valence-corrected chi connectivity index (χ0v) is 17.8. The van der Waals surface area contributed by atoms with Crippen molar-refractivity contribution < 1.29 is 9.50 Å². The molecular weight excluding hydrogens is 446 g/mol. The molecule has 1 aliphatic heterocycles. The van der Waals surface area contributed by atoms with Gasteiger partial charge in [0.25, 0.3) is 0 Å². The maximum atomic E-state index is 14.0. The largest absolute Gasteiger partial charge is 0.388 e. The molecule has 26 heavy (non-hydrogen) atoms. The molecule has 3 rings (SSSR count). The van der Waals surface area contributed by atoms with Gasteiger partial charge in [-0.3, -0.25) is 4.99 Å². The molecule has 2 N–H and O–H groups in total. The van der Waals surface area contributed by atoms with Crippen molar-refractivity contribution in [1.29, 1.82) is 0 Å². The molecule has 0 spiro atoms. The minimum Gasteiger partial charge on any atom is -0.388 e. The molecule has 0 radical (unpaired) electrons. The van der Waals surface area contributed by atoms with Crippen molar-refractivity contribution >= 4 is 35.6 Å². The van der Waals surface area contributed by atoms with Gasteiger partial charge in [0.2, 0.25) is 0 Å². The third kappa shape index (κ3) is 5.22. The van der Waals surface area contributed by atoms with Crippen LogP contribution < -0.4 is 10.2 Å². The van der Waals surface area contributed by atoms with Crippen LogP contribution in [0.25, 0.3) is 0 Å². The van der Waals surface area contributed by atoms with E-state index < -0.39 is 5.60 Å². The van der Waals surface area contributed by atoms with Crippen LogP contribution in [0, 0.1) is 5.82 Å². The van der Waals surface area contributed by atoms with Gasteiger partial charge in [-0.25, -0.2) is 4.39 Å². The van der Waals surface area contributed by atoms with E-state index in [1.165, 1.54) is 6.07 Å². The highest BCUT2D eigenvalue weighted by atomic mass is 127. The number of aliphatic hydroxyl groups is 1. The van der Waals surface area contributed by atoms with Gasteiger partial charge in [0.05, 0.1) is 17.8 Å². The first kappa shape index (κ1) is 21.2. The van der Waals surface area contributed by atoms with Gasteiger partial charge < -0.3 is 20.2 Å². The van der Waals surface area contributed by atoms with Gasteiger partial charge in [0, 0.05) is 32.7 Å². The highest BCUT2D eigenvalue weighted by Crippen LogP contribution is 2.29. The van der Waals surface area contributed by atoms with Gasteiger partial charge in [-0.1, -0.05) is 25.0 Å². The van der Waals surface area contributed by atoms with E-state index in [-0.39, 0.29) is 29.8 Å². The standard InChI is InChI=1S/C19H29FN4O.HI/c1-2-21-18(22-15-19(25)9-5-6-10-19)24-13-11-23(12-14-24)17-8-4-3-7-16(17)20;/h3-4,7-8,25H,2,5-6,9-15H2,1H3,(H,21,22);1H. The van der Waals surface area contributed by atoms with Crippen molar-refractivity contribution in [2.24, 2.45) is 4.99 Å². The van der Waals surface area contributed by atoms with Gasteiger partial charge in [0.15, 0.2) is 5.96 Å². The molecule has 1 saturated carbocycles. The second kappa shape index (κ2) is 9.73. The minimum atomic E-state index is -0.629. The monoisotopic (exact) mass is 476 g/mol. The van der Waals surface area contributed by atoms with Crippen molar-refractivity contribution in [3.63, 3.8) is 0 Å². The fraction of sp³-hybridized carbons (Fsp3) is 0.632. The van der Waals surface area contributed by atoms with Crippen LogP contribution in [0.4, 0.5) is 10.1 Å². The first-order valence-electron chi connectivity index (χ1n) is 9.36. The van der Waals surface area contributed by atoms with Gasteiger partial charge in [-0.15, -0.1) is 24.0 Å². The summed E-state index contributed by atoms with van der Waals surface area (Å²) >= 11 is 0. The van der Waals surface area contributed by atoms with Crippen molar-refractivity contribution in [3.05, 3.63) is 30.1 Å². The predicted molar refractivity (Wildman–Crippen MR) is 115 cm³/mol. The molecule has 1 aromatic carbocycles. The Morgan fingerprint density at radius 3 is 2.46 bits per heavy atom. The molecule has 2 aliphatic rings. The van der Waals surface area contributed by atoms with E-state index in [2.05, 4.69) is 22.0 Å². The lowest BCUT2D eigenvalue weighted by Crippen LogP contribution is -2.53. The highest BCUT2D eigenvalue weighted by molar-refractivity contribution is 14.0. The molecule has 146 valence electrons. The van der Waals surface area contributed by atoms with E-state index in [1.807, 2.05) is 12.1 Å². The Hall–Kier alpha value is -1.09. The first-order valence-corrected chi connectivity index (χ1v) is 9.36. The van der Waals surface area contributed by atoms with E-state index in [9.17, 15) is 9.50 Å². The van der Waals surface area contributed by atoms with Crippen LogP contribution in [-0.4, -0.2) is 60.8 Å². The Morgan fingerprint density at radius 1 is 1.19 bits per heavy atom. The van der Waals surface area contributed by atoms with Crippen molar-refractivity contribution in [1.82, 2.24) is 10.2 Å². The number of halogens is 2. The molecule has 5 nitrogen and oxygen atoms in total. The van der Waals surface area contributed by atoms with E-state index in [0.717, 1.165) is 64.4 Å². The van der Waals surface area contributed by atoms with Crippen molar-refractivity contribution in [3.8, 4) is 0 Å². The first-order chi connectivity index (χ1) is 12.1. The van der Waals surface area contributed by atoms with Gasteiger partial charge in [-0.05, 0) is 31.9 Å². The van der Waals surface area contributed by atoms with Crippen molar-refractivity contribution in [2.45, 2.75) is 38.2 Å². The van der Waals surface area contributed by atoms with Crippen molar-refractivity contribution in [2.75, 3.05) is 44.2 Å². The summed E-state index contributed by atoms with van der Waals surface area (Å²) in [5.74, 6) is 0.691. The summed E-state index contributed by atoms with van der Waals surface area (Å²) in [5.41, 5.74) is 0.0414. The second-order valence-corrected chi connectivity index (χ2v) is 7.03. The SMILES string of the molecule is CCNC(=NCC1(O)CCCC1)N1CCN(c2ccccc2F)CC1.I. The van der Waals surface area contributed by atoms with Crippen LogP contribution in [-0.2, 0) is 0 Å². The summed E-state index contributed by atoms with van der Waals surface area (Å²) in [6.45, 7) is 6.41. The number of aliphatic imine (C=N–C) groups is 1. The lowest BCUT2D eigenvalue weighted by molar-refractivity contribution is 0.0571. The second-order valence-electron chi connectivity index (χ2n) is 7.03. The third-order valence-corrected chi connectivity index (χ3v) is 5.16. The number of rotatable bonds is 4. The Bertz CT molecular complexity index is 599. The number of nitrogens with zero attached hydrogens (tertiary/aromatic N) is 3. The normalized spacial score (nSPS) is 20.0.